The van der Waals surface area contributed by atoms with E-state index in [0.29, 0.717) is 24.1 Å². The first kappa shape index (κ1) is 22.3. The first-order chi connectivity index (χ1) is 14.6. The second-order valence-corrected chi connectivity index (χ2v) is 8.59. The highest BCUT2D eigenvalue weighted by atomic mass is 32.1. The summed E-state index contributed by atoms with van der Waals surface area (Å²) in [6.45, 7) is 5.47. The molecule has 2 heterocycles. The maximum Gasteiger partial charge on any atom is 0.337 e. The van der Waals surface area contributed by atoms with E-state index in [0.717, 1.165) is 31.2 Å². The Kier molecular flexibility index (Phi) is 8.28. The highest BCUT2D eigenvalue weighted by Crippen LogP contribution is 2.36. The van der Waals surface area contributed by atoms with E-state index in [9.17, 15) is 4.79 Å². The summed E-state index contributed by atoms with van der Waals surface area (Å²) in [5, 5.41) is 9.07. The fourth-order valence-corrected chi connectivity index (χ4v) is 4.97. The van der Waals surface area contributed by atoms with Crippen LogP contribution in [0.3, 0.4) is 0 Å². The lowest BCUT2D eigenvalue weighted by Gasteiger charge is -2.39. The summed E-state index contributed by atoms with van der Waals surface area (Å²) in [7, 11) is 3.62. The summed E-state index contributed by atoms with van der Waals surface area (Å²) in [6, 6.07) is 12.2. The Morgan fingerprint density at radius 1 is 1.27 bits per heavy atom. The Morgan fingerprint density at radius 2 is 2.07 bits per heavy atom. The lowest BCUT2D eigenvalue weighted by atomic mass is 9.88. The number of ether oxygens (including phenoxy) is 1. The second-order valence-electron chi connectivity index (χ2n) is 7.61. The number of esters is 1. The third-order valence-corrected chi connectivity index (χ3v) is 6.46. The SMILES string of the molecule is CCNC(=NCc1ccc(C(=O)OC)cc1)NCC1CCCN(C)C1c1cccs1. The molecule has 2 unspecified atom stereocenters. The largest absolute Gasteiger partial charge is 0.465 e. The minimum atomic E-state index is -0.321. The molecule has 0 radical (unpaired) electrons. The Bertz CT molecular complexity index is 820. The Labute approximate surface area is 183 Å². The lowest BCUT2D eigenvalue weighted by molar-refractivity contribution is 0.0600. The summed E-state index contributed by atoms with van der Waals surface area (Å²) < 4.78 is 4.75. The van der Waals surface area contributed by atoms with Gasteiger partial charge in [0.2, 0.25) is 0 Å². The van der Waals surface area contributed by atoms with E-state index in [4.69, 9.17) is 9.73 Å². The third kappa shape index (κ3) is 5.83. The molecule has 0 aliphatic carbocycles. The average Bonchev–Trinajstić information content (AvgIpc) is 3.30. The van der Waals surface area contributed by atoms with Gasteiger partial charge in [-0.2, -0.15) is 0 Å². The maximum atomic E-state index is 11.6. The van der Waals surface area contributed by atoms with Gasteiger partial charge in [0.05, 0.1) is 19.2 Å². The van der Waals surface area contributed by atoms with Gasteiger partial charge in [-0.15, -0.1) is 11.3 Å². The van der Waals surface area contributed by atoms with E-state index in [1.165, 1.54) is 24.8 Å². The fourth-order valence-electron chi connectivity index (χ4n) is 3.99. The standard InChI is InChI=1S/C23H32N4O2S/c1-4-24-23(25-15-17-9-11-18(12-10-17)22(28)29-3)26-16-19-7-5-13-27(2)21(19)20-8-6-14-30-20/h6,8-12,14,19,21H,4-5,7,13,15-16H2,1-3H3,(H2,24,25,26). The van der Waals surface area contributed by atoms with Crippen LogP contribution < -0.4 is 10.6 Å². The number of carbonyl (C=O) groups is 1. The van der Waals surface area contributed by atoms with Gasteiger partial charge < -0.3 is 15.4 Å². The van der Waals surface area contributed by atoms with Gasteiger partial charge in [0.15, 0.2) is 5.96 Å². The number of hydrogen-bond donors (Lipinski definition) is 2. The summed E-state index contributed by atoms with van der Waals surface area (Å²) in [4.78, 5) is 20.2. The van der Waals surface area contributed by atoms with E-state index in [1.807, 2.05) is 23.5 Å². The molecule has 1 aromatic carbocycles. The number of piperidine rings is 1. The van der Waals surface area contributed by atoms with Crippen LogP contribution >= 0.6 is 11.3 Å². The number of thiophene rings is 1. The van der Waals surface area contributed by atoms with Gasteiger partial charge in [-0.1, -0.05) is 18.2 Å². The first-order valence-corrected chi connectivity index (χ1v) is 11.4. The number of benzene rings is 1. The number of carbonyl (C=O) groups excluding carboxylic acids is 1. The summed E-state index contributed by atoms with van der Waals surface area (Å²) in [6.07, 6.45) is 2.44. The number of nitrogens with one attached hydrogen (secondary N) is 2. The molecule has 1 aliphatic heterocycles. The zero-order chi connectivity index (χ0) is 21.3. The van der Waals surface area contributed by atoms with Crippen molar-refractivity contribution in [2.75, 3.05) is 33.8 Å². The van der Waals surface area contributed by atoms with Crippen molar-refractivity contribution in [3.63, 3.8) is 0 Å². The molecule has 6 nitrogen and oxygen atoms in total. The van der Waals surface area contributed by atoms with Crippen LogP contribution in [-0.4, -0.2) is 50.6 Å². The molecule has 162 valence electrons. The zero-order valence-electron chi connectivity index (χ0n) is 18.1. The van der Waals surface area contributed by atoms with E-state index in [-0.39, 0.29) is 5.97 Å². The first-order valence-electron chi connectivity index (χ1n) is 10.6. The van der Waals surface area contributed by atoms with Crippen molar-refractivity contribution in [2.24, 2.45) is 10.9 Å². The summed E-state index contributed by atoms with van der Waals surface area (Å²) in [5.74, 6) is 1.05. The van der Waals surface area contributed by atoms with Crippen LogP contribution in [0.1, 0.15) is 46.6 Å². The number of hydrogen-bond acceptors (Lipinski definition) is 5. The van der Waals surface area contributed by atoms with Gasteiger partial charge in [-0.3, -0.25) is 4.90 Å². The quantitative estimate of drug-likeness (QED) is 0.400. The van der Waals surface area contributed by atoms with Crippen LogP contribution in [0.4, 0.5) is 0 Å². The highest BCUT2D eigenvalue weighted by Gasteiger charge is 2.31. The summed E-state index contributed by atoms with van der Waals surface area (Å²) in [5.41, 5.74) is 1.60. The van der Waals surface area contributed by atoms with E-state index in [1.54, 1.807) is 12.1 Å². The fraction of sp³-hybridized carbons (Fsp3) is 0.478. The molecule has 1 saturated heterocycles. The molecule has 1 aromatic heterocycles. The highest BCUT2D eigenvalue weighted by molar-refractivity contribution is 7.10. The van der Waals surface area contributed by atoms with Crippen LogP contribution in [0.2, 0.25) is 0 Å². The molecule has 3 rings (SSSR count). The van der Waals surface area contributed by atoms with Crippen molar-refractivity contribution < 1.29 is 9.53 Å². The lowest BCUT2D eigenvalue weighted by Crippen LogP contribution is -2.44. The average molecular weight is 429 g/mol. The van der Waals surface area contributed by atoms with Crippen molar-refractivity contribution in [3.05, 3.63) is 57.8 Å². The van der Waals surface area contributed by atoms with Crippen molar-refractivity contribution in [2.45, 2.75) is 32.4 Å². The number of rotatable bonds is 7. The topological polar surface area (TPSA) is 66.0 Å². The Hall–Kier alpha value is -2.38. The van der Waals surface area contributed by atoms with Crippen LogP contribution in [0.25, 0.3) is 0 Å². The smallest absolute Gasteiger partial charge is 0.337 e. The third-order valence-electron chi connectivity index (χ3n) is 5.51. The van der Waals surface area contributed by atoms with Crippen LogP contribution in [0, 0.1) is 5.92 Å². The van der Waals surface area contributed by atoms with E-state index < -0.39 is 0 Å². The number of guanidine groups is 1. The molecule has 2 aromatic rings. The Morgan fingerprint density at radius 3 is 2.73 bits per heavy atom. The predicted molar refractivity (Wildman–Crippen MR) is 123 cm³/mol. The molecule has 0 spiro atoms. The molecular formula is C23H32N4O2S. The van der Waals surface area contributed by atoms with Crippen molar-refractivity contribution >= 4 is 23.3 Å². The van der Waals surface area contributed by atoms with Gasteiger partial charge in [-0.05, 0) is 68.4 Å². The maximum absolute atomic E-state index is 11.6. The molecule has 2 atom stereocenters. The van der Waals surface area contributed by atoms with Gasteiger partial charge in [0, 0.05) is 24.0 Å². The second kappa shape index (κ2) is 11.1. The number of likely N-dealkylation sites (tertiary alicyclic amines) is 1. The van der Waals surface area contributed by atoms with Gasteiger partial charge in [0.1, 0.15) is 0 Å². The minimum absolute atomic E-state index is 0.321. The minimum Gasteiger partial charge on any atom is -0.465 e. The monoisotopic (exact) mass is 428 g/mol. The molecular weight excluding hydrogens is 396 g/mol. The molecule has 0 bridgehead atoms. The number of methoxy groups -OCH3 is 1. The molecule has 30 heavy (non-hydrogen) atoms. The molecule has 0 amide bonds. The zero-order valence-corrected chi connectivity index (χ0v) is 18.9. The van der Waals surface area contributed by atoms with Crippen molar-refractivity contribution in [1.29, 1.82) is 0 Å². The van der Waals surface area contributed by atoms with Gasteiger partial charge in [0.25, 0.3) is 0 Å². The molecule has 0 saturated carbocycles. The van der Waals surface area contributed by atoms with E-state index >= 15 is 0 Å². The normalized spacial score (nSPS) is 20.0. The molecule has 1 aliphatic rings. The van der Waals surface area contributed by atoms with Crippen molar-refractivity contribution in [1.82, 2.24) is 15.5 Å². The summed E-state index contributed by atoms with van der Waals surface area (Å²) >= 11 is 1.85. The van der Waals surface area contributed by atoms with Crippen LogP contribution in [0.15, 0.2) is 46.8 Å². The van der Waals surface area contributed by atoms with Crippen LogP contribution in [-0.2, 0) is 11.3 Å². The molecule has 7 heteroatoms. The molecule has 1 fully saturated rings. The molecule has 2 N–H and O–H groups in total. The van der Waals surface area contributed by atoms with Crippen LogP contribution in [0.5, 0.6) is 0 Å². The predicted octanol–water partition coefficient (Wildman–Crippen LogP) is 3.67. The van der Waals surface area contributed by atoms with Gasteiger partial charge in [-0.25, -0.2) is 9.79 Å². The number of nitrogens with zero attached hydrogens (tertiary/aromatic N) is 2. The van der Waals surface area contributed by atoms with Crippen molar-refractivity contribution in [3.8, 4) is 0 Å². The van der Waals surface area contributed by atoms with Gasteiger partial charge >= 0.3 is 5.97 Å². The Balaban J connectivity index is 1.62. The number of aliphatic imine (C=N–C) groups is 1. The van der Waals surface area contributed by atoms with E-state index in [2.05, 4.69) is 47.0 Å².